The first-order valence-corrected chi connectivity index (χ1v) is 23.6. The van der Waals surface area contributed by atoms with Gasteiger partial charge in [-0.1, -0.05) is 90.4 Å². The van der Waals surface area contributed by atoms with E-state index in [4.69, 9.17) is 13.3 Å². The van der Waals surface area contributed by atoms with Crippen molar-refractivity contribution < 1.29 is 62.8 Å². The molecule has 0 aliphatic carbocycles. The van der Waals surface area contributed by atoms with E-state index in [0.29, 0.717) is 12.5 Å². The van der Waals surface area contributed by atoms with Crippen LogP contribution in [0.5, 0.6) is 0 Å². The van der Waals surface area contributed by atoms with Crippen molar-refractivity contribution in [2.24, 2.45) is 0 Å². The predicted molar refractivity (Wildman–Crippen MR) is 221 cm³/mol. The highest BCUT2D eigenvalue weighted by Crippen LogP contribution is 2.21. The third-order valence-corrected chi connectivity index (χ3v) is 13.0. The molecule has 5 N–H and O–H groups in total. The standard InChI is InChI=1S/C40H82N4O12Si/c1-4-5-6-7-8-9-10-11-12-13-14-15-16-17-18-26-44(2,3)27-19-34-57(54-31-23-41(20-28-45)35-38(48)49,55-32-24-42(21-29-46)36-39(50)51)56-33-25-43(22-30-47)37-40(52)53/h45-47H,4-37H2,1-3H3,(H2-,48,49,50,51,52,53). The number of aliphatic carboxylic acids is 3. The maximum atomic E-state index is 11.4. The molecule has 0 rings (SSSR count). The molecule has 0 saturated carbocycles. The van der Waals surface area contributed by atoms with Crippen LogP contribution >= 0.6 is 0 Å². The van der Waals surface area contributed by atoms with Crippen LogP contribution in [0.15, 0.2) is 0 Å². The van der Waals surface area contributed by atoms with E-state index in [1.165, 1.54) is 105 Å². The molecule has 0 fully saturated rings. The average molecular weight is 839 g/mol. The second-order valence-corrected chi connectivity index (χ2v) is 18.6. The molecule has 0 aliphatic heterocycles. The second kappa shape index (κ2) is 36.1. The average Bonchev–Trinajstić information content (AvgIpc) is 3.12. The van der Waals surface area contributed by atoms with Crippen molar-refractivity contribution in [3.8, 4) is 0 Å². The SMILES string of the molecule is CCCCCCCCCCCCCCCCC[N+](C)(C)CCC[Si](OCCN(CCO)CC(=O)[O-])(OCCN(CCO)CC(=O)O)OCCN(CCO)CC(=O)O. The summed E-state index contributed by atoms with van der Waals surface area (Å²) in [5, 5.41) is 58.5. The first kappa shape index (κ1) is 55.2. The number of quaternary nitrogens is 1. The second-order valence-electron chi connectivity index (χ2n) is 15.8. The zero-order chi connectivity index (χ0) is 42.6. The van der Waals surface area contributed by atoms with Gasteiger partial charge >= 0.3 is 20.7 Å². The Hall–Kier alpha value is -1.77. The molecule has 0 aliphatic rings. The lowest BCUT2D eigenvalue weighted by molar-refractivity contribution is -0.890. The topological polar surface area (TPSA) is 213 Å². The molecule has 0 aromatic carbocycles. The Balaban J connectivity index is 5.45. The van der Waals surface area contributed by atoms with Gasteiger partial charge in [0.05, 0.1) is 85.9 Å². The van der Waals surface area contributed by atoms with Crippen molar-refractivity contribution in [2.45, 2.75) is 116 Å². The first-order chi connectivity index (χ1) is 27.3. The zero-order valence-electron chi connectivity index (χ0n) is 35.9. The molecular weight excluding hydrogens is 757 g/mol. The maximum absolute atomic E-state index is 11.4. The van der Waals surface area contributed by atoms with Gasteiger partial charge in [-0.3, -0.25) is 24.3 Å². The number of carboxylic acids is 3. The van der Waals surface area contributed by atoms with E-state index in [2.05, 4.69) is 21.0 Å². The first-order valence-electron chi connectivity index (χ1n) is 21.7. The molecule has 0 atom stereocenters. The molecular formula is C40H82N4O12Si. The van der Waals surface area contributed by atoms with Crippen LogP contribution in [0, 0.1) is 0 Å². The lowest BCUT2D eigenvalue weighted by Gasteiger charge is -2.34. The third kappa shape index (κ3) is 33.7. The largest absolute Gasteiger partial charge is 0.549 e. The van der Waals surface area contributed by atoms with E-state index >= 15 is 0 Å². The molecule has 0 heterocycles. The number of aliphatic hydroxyl groups is 3. The van der Waals surface area contributed by atoms with E-state index in [0.717, 1.165) is 24.0 Å². The summed E-state index contributed by atoms with van der Waals surface area (Å²) in [5.41, 5.74) is 0. The Morgan fingerprint density at radius 2 is 0.860 bits per heavy atom. The van der Waals surface area contributed by atoms with Crippen LogP contribution in [0.25, 0.3) is 0 Å². The van der Waals surface area contributed by atoms with Gasteiger partial charge in [0.25, 0.3) is 0 Å². The summed E-state index contributed by atoms with van der Waals surface area (Å²) >= 11 is 0. The van der Waals surface area contributed by atoms with Gasteiger partial charge in [0.1, 0.15) is 0 Å². The predicted octanol–water partition coefficient (Wildman–Crippen LogP) is 2.12. The summed E-state index contributed by atoms with van der Waals surface area (Å²) in [6, 6.07) is 0.395. The molecule has 16 nitrogen and oxygen atoms in total. The summed E-state index contributed by atoms with van der Waals surface area (Å²) < 4.78 is 20.1. The van der Waals surface area contributed by atoms with Crippen molar-refractivity contribution >= 4 is 26.7 Å². The lowest BCUT2D eigenvalue weighted by Crippen LogP contribution is -2.51. The Bertz CT molecular complexity index is 921. The lowest BCUT2D eigenvalue weighted by atomic mass is 10.0. The number of carboxylic acid groups (broad SMARTS) is 3. The number of carbonyl (C=O) groups excluding carboxylic acids is 1. The number of aliphatic hydroxyl groups excluding tert-OH is 3. The summed E-state index contributed by atoms with van der Waals surface area (Å²) in [6.07, 6.45) is 20.4. The van der Waals surface area contributed by atoms with Crippen molar-refractivity contribution in [2.75, 3.05) is 126 Å². The highest BCUT2D eigenvalue weighted by atomic mass is 28.4. The van der Waals surface area contributed by atoms with Gasteiger partial charge in [0.2, 0.25) is 0 Å². The van der Waals surface area contributed by atoms with Crippen molar-refractivity contribution in [3.05, 3.63) is 0 Å². The van der Waals surface area contributed by atoms with E-state index in [1.807, 2.05) is 0 Å². The van der Waals surface area contributed by atoms with Crippen LogP contribution in [-0.4, -0.2) is 197 Å². The fourth-order valence-electron chi connectivity index (χ4n) is 6.88. The zero-order valence-corrected chi connectivity index (χ0v) is 36.9. The van der Waals surface area contributed by atoms with Gasteiger partial charge in [-0.05, 0) is 12.8 Å². The number of hydrogen-bond acceptors (Lipinski definition) is 13. The highest BCUT2D eigenvalue weighted by Gasteiger charge is 2.42. The van der Waals surface area contributed by atoms with Crippen LogP contribution in [0.1, 0.15) is 110 Å². The number of nitrogens with zero attached hydrogens (tertiary/aromatic N) is 4. The van der Waals surface area contributed by atoms with Gasteiger partial charge in [-0.15, -0.1) is 0 Å². The minimum absolute atomic E-state index is 0.0157. The van der Waals surface area contributed by atoms with Crippen LogP contribution in [0.4, 0.5) is 0 Å². The van der Waals surface area contributed by atoms with Crippen molar-refractivity contribution in [1.82, 2.24) is 14.7 Å². The fraction of sp³-hybridized carbons (Fsp3) is 0.925. The smallest absolute Gasteiger partial charge is 0.501 e. The maximum Gasteiger partial charge on any atom is 0.501 e. The van der Waals surface area contributed by atoms with E-state index in [9.17, 15) is 45.0 Å². The quantitative estimate of drug-likeness (QED) is 0.0338. The Kier molecular flexibility index (Phi) is 35.0. The van der Waals surface area contributed by atoms with Crippen molar-refractivity contribution in [1.29, 1.82) is 0 Å². The molecule has 0 saturated heterocycles. The molecule has 0 unspecified atom stereocenters. The summed E-state index contributed by atoms with van der Waals surface area (Å²) in [4.78, 5) is 38.8. The third-order valence-electron chi connectivity index (χ3n) is 10.1. The number of hydrogen-bond donors (Lipinski definition) is 5. The molecule has 17 heteroatoms. The molecule has 0 radical (unpaired) electrons. The van der Waals surface area contributed by atoms with Gasteiger partial charge in [0.15, 0.2) is 0 Å². The monoisotopic (exact) mass is 839 g/mol. The minimum Gasteiger partial charge on any atom is -0.549 e. The van der Waals surface area contributed by atoms with Gasteiger partial charge in [-0.25, -0.2) is 0 Å². The minimum atomic E-state index is -3.59. The molecule has 0 bridgehead atoms. The molecule has 57 heavy (non-hydrogen) atoms. The van der Waals surface area contributed by atoms with E-state index < -0.39 is 33.3 Å². The number of unbranched alkanes of at least 4 members (excludes halogenated alkanes) is 14. The highest BCUT2D eigenvalue weighted by molar-refractivity contribution is 6.60. The Morgan fingerprint density at radius 3 is 1.19 bits per heavy atom. The van der Waals surface area contributed by atoms with Crippen LogP contribution < -0.4 is 5.11 Å². The fourth-order valence-corrected chi connectivity index (χ4v) is 9.36. The normalized spacial score (nSPS) is 12.4. The Morgan fingerprint density at radius 1 is 0.526 bits per heavy atom. The molecule has 0 spiro atoms. The molecule has 0 aromatic heterocycles. The number of rotatable bonds is 44. The summed E-state index contributed by atoms with van der Waals surface area (Å²) in [6.45, 7) is 3.25. The molecule has 0 amide bonds. The van der Waals surface area contributed by atoms with Crippen LogP contribution in [-0.2, 0) is 27.7 Å². The van der Waals surface area contributed by atoms with Gasteiger partial charge in [-0.2, -0.15) is 0 Å². The summed E-state index contributed by atoms with van der Waals surface area (Å²) in [5.74, 6) is -3.39. The van der Waals surface area contributed by atoms with E-state index in [1.54, 1.807) is 0 Å². The van der Waals surface area contributed by atoms with Crippen LogP contribution in [0.2, 0.25) is 6.04 Å². The van der Waals surface area contributed by atoms with Crippen LogP contribution in [0.3, 0.4) is 0 Å². The van der Waals surface area contributed by atoms with Gasteiger partial charge < -0.3 is 53.2 Å². The summed E-state index contributed by atoms with van der Waals surface area (Å²) in [7, 11) is 0.793. The number of carbonyl (C=O) groups is 3. The molecule has 338 valence electrons. The van der Waals surface area contributed by atoms with E-state index in [-0.39, 0.29) is 92.0 Å². The molecule has 0 aromatic rings. The van der Waals surface area contributed by atoms with Gasteiger partial charge in [0, 0.05) is 58.3 Å². The van der Waals surface area contributed by atoms with Crippen molar-refractivity contribution in [3.63, 3.8) is 0 Å². The Labute approximate surface area is 345 Å².